The number of sulfonamides is 1. The molecule has 1 aromatic heterocycles. The highest BCUT2D eigenvalue weighted by atomic mass is 32.2. The molecule has 0 saturated heterocycles. The van der Waals surface area contributed by atoms with Crippen LogP contribution in [0.4, 0.5) is 10.1 Å². The molecule has 0 unspecified atom stereocenters. The number of thiazole rings is 1. The zero-order valence-electron chi connectivity index (χ0n) is 10.1. The number of hydrogen-bond donors (Lipinski definition) is 2. The van der Waals surface area contributed by atoms with Crippen molar-refractivity contribution in [1.29, 1.82) is 5.26 Å². The Hall–Kier alpha value is -2.18. The minimum Gasteiger partial charge on any atom is -0.315 e. The highest BCUT2D eigenvalue weighted by Crippen LogP contribution is 2.22. The second-order valence-electron chi connectivity index (χ2n) is 3.84. The number of rotatable bonds is 3. The van der Waals surface area contributed by atoms with Crippen molar-refractivity contribution in [2.24, 2.45) is 0 Å². The summed E-state index contributed by atoms with van der Waals surface area (Å²) in [5.41, 5.74) is -0.0290. The Balaban J connectivity index is 2.41. The van der Waals surface area contributed by atoms with Crippen molar-refractivity contribution in [1.82, 2.24) is 4.98 Å². The van der Waals surface area contributed by atoms with Gasteiger partial charge in [0.1, 0.15) is 5.82 Å². The molecule has 0 fully saturated rings. The zero-order valence-corrected chi connectivity index (χ0v) is 11.7. The molecule has 0 amide bonds. The maximum absolute atomic E-state index is 13.6. The van der Waals surface area contributed by atoms with E-state index in [1.54, 1.807) is 6.07 Å². The quantitative estimate of drug-likeness (QED) is 0.897. The molecule has 0 bridgehead atoms. The third-order valence-corrected chi connectivity index (χ3v) is 5.34. The summed E-state index contributed by atoms with van der Waals surface area (Å²) < 4.78 is 39.6. The minimum absolute atomic E-state index is 0.0768. The summed E-state index contributed by atoms with van der Waals surface area (Å²) in [7, 11) is -4.05. The largest absolute Gasteiger partial charge is 0.315 e. The van der Waals surface area contributed by atoms with Crippen molar-refractivity contribution < 1.29 is 12.8 Å². The van der Waals surface area contributed by atoms with Crippen LogP contribution in [0.3, 0.4) is 0 Å². The van der Waals surface area contributed by atoms with Crippen LogP contribution in [0.5, 0.6) is 0 Å². The van der Waals surface area contributed by atoms with Gasteiger partial charge in [0.05, 0.1) is 17.3 Å². The second kappa shape index (κ2) is 5.07. The Kier molecular flexibility index (Phi) is 3.61. The Morgan fingerprint density at radius 3 is 2.65 bits per heavy atom. The third kappa shape index (κ3) is 2.71. The molecule has 1 heterocycles. The molecule has 0 aliphatic heterocycles. The van der Waals surface area contributed by atoms with Crippen LogP contribution in [0.25, 0.3) is 0 Å². The van der Waals surface area contributed by atoms with E-state index >= 15 is 0 Å². The van der Waals surface area contributed by atoms with Crippen molar-refractivity contribution in [3.8, 4) is 6.07 Å². The molecule has 0 spiro atoms. The molecule has 2 aromatic rings. The first-order valence-electron chi connectivity index (χ1n) is 5.25. The van der Waals surface area contributed by atoms with Crippen LogP contribution < -0.4 is 9.60 Å². The SMILES string of the molecule is Cc1[nH]c(=O)sc1S(=O)(=O)Nc1ccc(C#N)cc1F. The lowest BCUT2D eigenvalue weighted by Crippen LogP contribution is -2.13. The van der Waals surface area contributed by atoms with Gasteiger partial charge in [-0.3, -0.25) is 9.52 Å². The van der Waals surface area contributed by atoms with Crippen LogP contribution in [0.15, 0.2) is 27.2 Å². The first-order valence-corrected chi connectivity index (χ1v) is 7.55. The molecule has 6 nitrogen and oxygen atoms in total. The van der Waals surface area contributed by atoms with E-state index in [0.29, 0.717) is 11.3 Å². The minimum atomic E-state index is -4.05. The molecule has 0 saturated carbocycles. The molecule has 0 radical (unpaired) electrons. The van der Waals surface area contributed by atoms with Gasteiger partial charge in [0, 0.05) is 5.69 Å². The topological polar surface area (TPSA) is 103 Å². The van der Waals surface area contributed by atoms with Crippen molar-refractivity contribution in [3.63, 3.8) is 0 Å². The average Bonchev–Trinajstić information content (AvgIpc) is 2.71. The number of anilines is 1. The first kappa shape index (κ1) is 14.2. The summed E-state index contributed by atoms with van der Waals surface area (Å²) in [6.45, 7) is 1.43. The molecule has 20 heavy (non-hydrogen) atoms. The lowest BCUT2D eigenvalue weighted by molar-refractivity contribution is 0.599. The van der Waals surface area contributed by atoms with Gasteiger partial charge in [-0.05, 0) is 25.1 Å². The second-order valence-corrected chi connectivity index (χ2v) is 6.70. The molecular formula is C11H8FN3O3S2. The number of aromatic nitrogens is 1. The van der Waals surface area contributed by atoms with E-state index in [1.165, 1.54) is 13.0 Å². The summed E-state index contributed by atoms with van der Waals surface area (Å²) in [4.78, 5) is 12.9. The number of hydrogen-bond acceptors (Lipinski definition) is 5. The first-order chi connectivity index (χ1) is 9.33. The van der Waals surface area contributed by atoms with Gasteiger partial charge in [0.15, 0.2) is 4.21 Å². The summed E-state index contributed by atoms with van der Waals surface area (Å²) in [6.07, 6.45) is 0. The van der Waals surface area contributed by atoms with Crippen molar-refractivity contribution in [2.45, 2.75) is 11.1 Å². The van der Waals surface area contributed by atoms with Crippen LogP contribution in [-0.4, -0.2) is 13.4 Å². The van der Waals surface area contributed by atoms with Crippen LogP contribution in [0, 0.1) is 24.1 Å². The normalized spacial score (nSPS) is 11.1. The number of nitriles is 1. The van der Waals surface area contributed by atoms with E-state index in [9.17, 15) is 17.6 Å². The van der Waals surface area contributed by atoms with Crippen LogP contribution in [0.1, 0.15) is 11.3 Å². The van der Waals surface area contributed by atoms with E-state index in [4.69, 9.17) is 5.26 Å². The van der Waals surface area contributed by atoms with Gasteiger partial charge in [0.25, 0.3) is 10.0 Å². The van der Waals surface area contributed by atoms with Gasteiger partial charge >= 0.3 is 4.87 Å². The van der Waals surface area contributed by atoms with E-state index in [-0.39, 0.29) is 21.2 Å². The van der Waals surface area contributed by atoms with Crippen LogP contribution in [-0.2, 0) is 10.0 Å². The van der Waals surface area contributed by atoms with E-state index < -0.39 is 20.7 Å². The highest BCUT2D eigenvalue weighted by molar-refractivity contribution is 7.94. The summed E-state index contributed by atoms with van der Waals surface area (Å²) in [5.74, 6) is -0.867. The molecule has 0 aliphatic carbocycles. The predicted molar refractivity (Wildman–Crippen MR) is 71.6 cm³/mol. The molecule has 2 N–H and O–H groups in total. The van der Waals surface area contributed by atoms with Crippen molar-refractivity contribution in [2.75, 3.05) is 4.72 Å². The Labute approximate surface area is 117 Å². The monoisotopic (exact) mass is 313 g/mol. The molecule has 2 rings (SSSR count). The van der Waals surface area contributed by atoms with Gasteiger partial charge < -0.3 is 4.98 Å². The number of H-pyrrole nitrogens is 1. The lowest BCUT2D eigenvalue weighted by Gasteiger charge is -2.07. The van der Waals surface area contributed by atoms with Gasteiger partial charge in [-0.25, -0.2) is 12.8 Å². The summed E-state index contributed by atoms with van der Waals surface area (Å²) in [5, 5.41) is 8.61. The number of halogens is 1. The smallest absolute Gasteiger partial charge is 0.306 e. The van der Waals surface area contributed by atoms with Crippen LogP contribution in [0.2, 0.25) is 0 Å². The zero-order chi connectivity index (χ0) is 14.9. The van der Waals surface area contributed by atoms with Crippen molar-refractivity contribution >= 4 is 27.0 Å². The van der Waals surface area contributed by atoms with E-state index in [0.717, 1.165) is 12.1 Å². The fraction of sp³-hybridized carbons (Fsp3) is 0.0909. The maximum atomic E-state index is 13.6. The van der Waals surface area contributed by atoms with Crippen LogP contribution >= 0.6 is 11.3 Å². The lowest BCUT2D eigenvalue weighted by atomic mass is 10.2. The number of aromatic amines is 1. The van der Waals surface area contributed by atoms with Gasteiger partial charge in [-0.2, -0.15) is 5.26 Å². The standard InChI is InChI=1S/C11H8FN3O3S2/c1-6-10(19-11(16)14-6)20(17,18)15-9-3-2-7(5-13)4-8(9)12/h2-4,15H,1H3,(H,14,16). The fourth-order valence-corrected chi connectivity index (χ4v) is 3.87. The Morgan fingerprint density at radius 2 is 2.15 bits per heavy atom. The number of nitrogens with zero attached hydrogens (tertiary/aromatic N) is 1. The third-order valence-electron chi connectivity index (χ3n) is 2.37. The molecule has 1 aromatic carbocycles. The number of aryl methyl sites for hydroxylation is 1. The molecule has 9 heteroatoms. The highest BCUT2D eigenvalue weighted by Gasteiger charge is 2.22. The van der Waals surface area contributed by atoms with Crippen molar-refractivity contribution in [3.05, 3.63) is 44.9 Å². The summed E-state index contributed by atoms with van der Waals surface area (Å²) >= 11 is 0.518. The predicted octanol–water partition coefficient (Wildman–Crippen LogP) is 1.56. The van der Waals surface area contributed by atoms with Gasteiger partial charge in [-0.1, -0.05) is 11.3 Å². The van der Waals surface area contributed by atoms with E-state index in [1.807, 2.05) is 4.72 Å². The van der Waals surface area contributed by atoms with Gasteiger partial charge in [-0.15, -0.1) is 0 Å². The number of nitrogens with one attached hydrogen (secondary N) is 2. The number of benzene rings is 1. The molecule has 104 valence electrons. The van der Waals surface area contributed by atoms with E-state index in [2.05, 4.69) is 4.98 Å². The Morgan fingerprint density at radius 1 is 1.45 bits per heavy atom. The fourth-order valence-electron chi connectivity index (χ4n) is 1.51. The molecular weight excluding hydrogens is 305 g/mol. The molecule has 0 atom stereocenters. The molecule has 0 aliphatic rings. The average molecular weight is 313 g/mol. The summed E-state index contributed by atoms with van der Waals surface area (Å²) in [6, 6.07) is 5.10. The van der Waals surface area contributed by atoms with Gasteiger partial charge in [0.2, 0.25) is 0 Å². The Bertz CT molecular complexity index is 862. The maximum Gasteiger partial charge on any atom is 0.306 e.